The number of imidazole rings is 1. The summed E-state index contributed by atoms with van der Waals surface area (Å²) in [4.78, 5) is 4.32. The van der Waals surface area contributed by atoms with Gasteiger partial charge in [0, 0.05) is 11.1 Å². The predicted octanol–water partition coefficient (Wildman–Crippen LogP) is 3.16. The second-order valence-electron chi connectivity index (χ2n) is 4.17. The van der Waals surface area contributed by atoms with E-state index in [4.69, 9.17) is 0 Å². The van der Waals surface area contributed by atoms with Gasteiger partial charge in [0.15, 0.2) is 0 Å². The summed E-state index contributed by atoms with van der Waals surface area (Å²) >= 11 is 1.56. The van der Waals surface area contributed by atoms with Crippen molar-refractivity contribution < 1.29 is 0 Å². The fraction of sp³-hybridized carbons (Fsp3) is 0.231. The van der Waals surface area contributed by atoms with Crippen molar-refractivity contribution in [3.63, 3.8) is 0 Å². The van der Waals surface area contributed by atoms with Crippen LogP contribution in [0.1, 0.15) is 17.1 Å². The molecule has 2 aromatic heterocycles. The van der Waals surface area contributed by atoms with Crippen LogP contribution in [0.15, 0.2) is 30.6 Å². The van der Waals surface area contributed by atoms with Crippen molar-refractivity contribution in [1.82, 2.24) is 13.9 Å². The molecule has 0 spiro atoms. The molecule has 3 aromatic rings. The third-order valence-electron chi connectivity index (χ3n) is 3.12. The molecule has 0 atom stereocenters. The molecule has 0 N–H and O–H groups in total. The highest BCUT2D eigenvalue weighted by atomic mass is 32.1. The summed E-state index contributed by atoms with van der Waals surface area (Å²) < 4.78 is 7.93. The van der Waals surface area contributed by atoms with Gasteiger partial charge in [0.25, 0.3) is 0 Å². The van der Waals surface area contributed by atoms with Crippen LogP contribution in [0, 0.1) is 13.8 Å². The molecule has 0 amide bonds. The highest BCUT2D eigenvalue weighted by Crippen LogP contribution is 2.23. The SMILES string of the molecule is Cc1ncn(Cc2nsc3ccccc23)c1C. The highest BCUT2D eigenvalue weighted by molar-refractivity contribution is 7.13. The van der Waals surface area contributed by atoms with Crippen LogP contribution in [0.5, 0.6) is 0 Å². The third kappa shape index (κ3) is 1.74. The summed E-state index contributed by atoms with van der Waals surface area (Å²) in [5.74, 6) is 0. The molecule has 17 heavy (non-hydrogen) atoms. The van der Waals surface area contributed by atoms with Gasteiger partial charge in [-0.1, -0.05) is 18.2 Å². The fourth-order valence-corrected chi connectivity index (χ4v) is 2.71. The van der Waals surface area contributed by atoms with E-state index >= 15 is 0 Å². The standard InChI is InChI=1S/C13H13N3S/c1-9-10(2)16(8-14-9)7-12-11-5-3-4-6-13(11)17-15-12/h3-6,8H,7H2,1-2H3. The van der Waals surface area contributed by atoms with Crippen molar-refractivity contribution in [2.75, 3.05) is 0 Å². The van der Waals surface area contributed by atoms with E-state index in [1.165, 1.54) is 15.8 Å². The smallest absolute Gasteiger partial charge is 0.0955 e. The fourth-order valence-electron chi connectivity index (χ4n) is 1.92. The number of fused-ring (bicyclic) bond motifs is 1. The molecule has 0 radical (unpaired) electrons. The summed E-state index contributed by atoms with van der Waals surface area (Å²) in [6.45, 7) is 4.93. The molecule has 0 fully saturated rings. The van der Waals surface area contributed by atoms with Gasteiger partial charge in [-0.3, -0.25) is 0 Å². The Hall–Kier alpha value is -1.68. The Morgan fingerprint density at radius 1 is 1.24 bits per heavy atom. The highest BCUT2D eigenvalue weighted by Gasteiger charge is 2.08. The van der Waals surface area contributed by atoms with Gasteiger partial charge in [0.1, 0.15) is 0 Å². The Labute approximate surface area is 104 Å². The minimum atomic E-state index is 0.802. The molecule has 0 aliphatic rings. The zero-order valence-electron chi connectivity index (χ0n) is 9.84. The van der Waals surface area contributed by atoms with Crippen LogP contribution >= 0.6 is 11.5 Å². The van der Waals surface area contributed by atoms with Gasteiger partial charge in [-0.15, -0.1) is 0 Å². The Morgan fingerprint density at radius 3 is 2.82 bits per heavy atom. The second kappa shape index (κ2) is 3.96. The van der Waals surface area contributed by atoms with E-state index in [0.717, 1.165) is 17.9 Å². The number of hydrogen-bond acceptors (Lipinski definition) is 3. The molecule has 0 unspecified atom stereocenters. The van der Waals surface area contributed by atoms with Crippen LogP contribution < -0.4 is 0 Å². The molecule has 86 valence electrons. The van der Waals surface area contributed by atoms with Crippen LogP contribution in [-0.2, 0) is 6.54 Å². The average molecular weight is 243 g/mol. The number of aromatic nitrogens is 3. The monoisotopic (exact) mass is 243 g/mol. The maximum absolute atomic E-state index is 4.53. The molecule has 2 heterocycles. The molecular formula is C13H13N3S. The maximum Gasteiger partial charge on any atom is 0.0955 e. The van der Waals surface area contributed by atoms with Gasteiger partial charge in [-0.05, 0) is 31.4 Å². The van der Waals surface area contributed by atoms with E-state index in [1.807, 2.05) is 13.3 Å². The van der Waals surface area contributed by atoms with E-state index in [9.17, 15) is 0 Å². The number of benzene rings is 1. The van der Waals surface area contributed by atoms with Crippen molar-refractivity contribution in [3.8, 4) is 0 Å². The van der Waals surface area contributed by atoms with Gasteiger partial charge in [0.2, 0.25) is 0 Å². The zero-order valence-corrected chi connectivity index (χ0v) is 10.7. The first-order valence-electron chi connectivity index (χ1n) is 5.57. The van der Waals surface area contributed by atoms with E-state index < -0.39 is 0 Å². The summed E-state index contributed by atoms with van der Waals surface area (Å²) in [5, 5.41) is 1.25. The Kier molecular flexibility index (Phi) is 2.44. The first kappa shape index (κ1) is 10.5. The van der Waals surface area contributed by atoms with Crippen molar-refractivity contribution in [3.05, 3.63) is 47.7 Å². The summed E-state index contributed by atoms with van der Waals surface area (Å²) in [6, 6.07) is 8.36. The van der Waals surface area contributed by atoms with Crippen molar-refractivity contribution in [1.29, 1.82) is 0 Å². The van der Waals surface area contributed by atoms with Gasteiger partial charge in [0.05, 0.1) is 29.0 Å². The topological polar surface area (TPSA) is 30.7 Å². The number of nitrogens with zero attached hydrogens (tertiary/aromatic N) is 3. The summed E-state index contributed by atoms with van der Waals surface area (Å²) in [7, 11) is 0. The molecule has 0 saturated heterocycles. The molecule has 3 rings (SSSR count). The minimum Gasteiger partial charge on any atom is -0.329 e. The van der Waals surface area contributed by atoms with Crippen LogP contribution in [0.2, 0.25) is 0 Å². The minimum absolute atomic E-state index is 0.802. The number of hydrogen-bond donors (Lipinski definition) is 0. The first-order chi connectivity index (χ1) is 8.25. The van der Waals surface area contributed by atoms with Crippen LogP contribution in [0.3, 0.4) is 0 Å². The number of rotatable bonds is 2. The van der Waals surface area contributed by atoms with E-state index in [-0.39, 0.29) is 0 Å². The average Bonchev–Trinajstić information content (AvgIpc) is 2.89. The van der Waals surface area contributed by atoms with Gasteiger partial charge in [-0.25, -0.2) is 4.98 Å². The zero-order chi connectivity index (χ0) is 11.8. The Balaban J connectivity index is 2.03. The van der Waals surface area contributed by atoms with Crippen molar-refractivity contribution in [2.45, 2.75) is 20.4 Å². The molecule has 0 aliphatic carbocycles. The van der Waals surface area contributed by atoms with Gasteiger partial charge in [-0.2, -0.15) is 4.37 Å². The molecule has 0 saturated carbocycles. The molecule has 4 heteroatoms. The maximum atomic E-state index is 4.53. The summed E-state index contributed by atoms with van der Waals surface area (Å²) in [6.07, 6.45) is 1.89. The Bertz CT molecular complexity index is 666. The van der Waals surface area contributed by atoms with Crippen molar-refractivity contribution >= 4 is 21.6 Å². The lowest BCUT2D eigenvalue weighted by atomic mass is 10.2. The predicted molar refractivity (Wildman–Crippen MR) is 70.4 cm³/mol. The largest absolute Gasteiger partial charge is 0.329 e. The number of aryl methyl sites for hydroxylation is 1. The molecule has 3 nitrogen and oxygen atoms in total. The van der Waals surface area contributed by atoms with E-state index in [1.54, 1.807) is 11.5 Å². The lowest BCUT2D eigenvalue weighted by Gasteiger charge is -2.03. The molecule has 0 aliphatic heterocycles. The first-order valence-corrected chi connectivity index (χ1v) is 6.34. The lowest BCUT2D eigenvalue weighted by molar-refractivity contribution is 0.761. The molecule has 0 bridgehead atoms. The quantitative estimate of drug-likeness (QED) is 0.692. The Morgan fingerprint density at radius 2 is 2.06 bits per heavy atom. The molecule has 1 aromatic carbocycles. The van der Waals surface area contributed by atoms with Crippen LogP contribution in [0.4, 0.5) is 0 Å². The van der Waals surface area contributed by atoms with E-state index in [0.29, 0.717) is 0 Å². The van der Waals surface area contributed by atoms with E-state index in [2.05, 4.69) is 45.1 Å². The third-order valence-corrected chi connectivity index (χ3v) is 3.98. The van der Waals surface area contributed by atoms with Crippen molar-refractivity contribution in [2.24, 2.45) is 0 Å². The van der Waals surface area contributed by atoms with Gasteiger partial charge >= 0.3 is 0 Å². The van der Waals surface area contributed by atoms with Crippen LogP contribution in [0.25, 0.3) is 10.1 Å². The summed E-state index contributed by atoms with van der Waals surface area (Å²) in [5.41, 5.74) is 3.43. The van der Waals surface area contributed by atoms with Gasteiger partial charge < -0.3 is 4.57 Å². The second-order valence-corrected chi connectivity index (χ2v) is 4.97. The normalized spacial score (nSPS) is 11.2. The molecular weight excluding hydrogens is 230 g/mol. The van der Waals surface area contributed by atoms with Crippen LogP contribution in [-0.4, -0.2) is 13.9 Å². The lowest BCUT2D eigenvalue weighted by Crippen LogP contribution is -2.01.